The maximum absolute atomic E-state index is 11.8. The molecule has 0 aliphatic heterocycles. The third-order valence-corrected chi connectivity index (χ3v) is 1.31. The number of halogens is 4. The summed E-state index contributed by atoms with van der Waals surface area (Å²) in [4.78, 5) is 0. The normalized spacial score (nSPS) is 16.0. The minimum atomic E-state index is -4.43. The van der Waals surface area contributed by atoms with Crippen molar-refractivity contribution >= 4 is 11.6 Å². The number of nitrogens with two attached hydrogens (primary N) is 1. The molecule has 6 heteroatoms. The Morgan fingerprint density at radius 3 is 2.50 bits per heavy atom. The first-order chi connectivity index (χ1) is 5.38. The van der Waals surface area contributed by atoms with Crippen LogP contribution >= 0.6 is 11.6 Å². The van der Waals surface area contributed by atoms with Gasteiger partial charge in [-0.1, -0.05) is 11.6 Å². The van der Waals surface area contributed by atoms with E-state index in [1.165, 1.54) is 0 Å². The van der Waals surface area contributed by atoms with Crippen LogP contribution in [0.1, 0.15) is 6.92 Å². The lowest BCUT2D eigenvalue weighted by Gasteiger charge is -2.12. The first kappa shape index (κ1) is 11.6. The molecule has 72 valence electrons. The maximum atomic E-state index is 11.8. The average Bonchev–Trinajstić information content (AvgIpc) is 1.85. The monoisotopic (exact) mass is 202 g/mol. The summed E-state index contributed by atoms with van der Waals surface area (Å²) in [5.74, 6) is 0. The third-order valence-electron chi connectivity index (χ3n) is 1.05. The summed E-state index contributed by atoms with van der Waals surface area (Å²) < 4.78 is 35.4. The van der Waals surface area contributed by atoms with Crippen molar-refractivity contribution in [3.63, 3.8) is 0 Å². The fraction of sp³-hybridized carbons (Fsp3) is 0.667. The van der Waals surface area contributed by atoms with E-state index >= 15 is 0 Å². The minimum Gasteiger partial charge on any atom is -0.376 e. The van der Waals surface area contributed by atoms with Gasteiger partial charge in [-0.25, -0.2) is 0 Å². The predicted molar refractivity (Wildman–Crippen MR) is 41.6 cm³/mol. The molecule has 0 heterocycles. The summed E-state index contributed by atoms with van der Waals surface area (Å²) in [5.41, 5.74) is 4.76. The van der Waals surface area contributed by atoms with Gasteiger partial charge in [0.25, 0.3) is 0 Å². The van der Waals surface area contributed by atoms with E-state index in [9.17, 15) is 13.2 Å². The van der Waals surface area contributed by atoms with Gasteiger partial charge in [-0.15, -0.1) is 0 Å². The lowest BCUT2D eigenvalue weighted by Crippen LogP contribution is -2.36. The van der Waals surface area contributed by atoms with Crippen LogP contribution in [-0.2, 0) is 0 Å². The predicted octanol–water partition coefficient (Wildman–Crippen LogP) is 1.57. The van der Waals surface area contributed by atoms with E-state index in [4.69, 9.17) is 17.3 Å². The topological polar surface area (TPSA) is 38.0 Å². The van der Waals surface area contributed by atoms with E-state index < -0.39 is 12.2 Å². The highest BCUT2D eigenvalue weighted by molar-refractivity contribution is 6.29. The summed E-state index contributed by atoms with van der Waals surface area (Å²) in [6.45, 7) is 2.18. The van der Waals surface area contributed by atoms with Crippen molar-refractivity contribution in [3.8, 4) is 0 Å². The molecule has 2 nitrogen and oxygen atoms in total. The van der Waals surface area contributed by atoms with Crippen LogP contribution in [-0.4, -0.2) is 18.8 Å². The molecule has 0 fully saturated rings. The van der Waals surface area contributed by atoms with Gasteiger partial charge in [-0.3, -0.25) is 0 Å². The standard InChI is InChI=1S/C6H10ClF3N2/c1-2-12-5(7)3-4(11)6(8,9)10/h3-4,12H,2,11H2,1H3/b5-3-. The largest absolute Gasteiger partial charge is 0.407 e. The third kappa shape index (κ3) is 4.46. The van der Waals surface area contributed by atoms with Crippen molar-refractivity contribution in [1.29, 1.82) is 0 Å². The zero-order chi connectivity index (χ0) is 9.78. The van der Waals surface area contributed by atoms with E-state index in [-0.39, 0.29) is 5.16 Å². The zero-order valence-corrected chi connectivity index (χ0v) is 7.21. The Morgan fingerprint density at radius 1 is 1.67 bits per heavy atom. The molecule has 12 heavy (non-hydrogen) atoms. The van der Waals surface area contributed by atoms with Crippen molar-refractivity contribution < 1.29 is 13.2 Å². The van der Waals surface area contributed by atoms with Crippen LogP contribution < -0.4 is 11.1 Å². The second-order valence-electron chi connectivity index (χ2n) is 2.11. The van der Waals surface area contributed by atoms with Crippen molar-refractivity contribution in [3.05, 3.63) is 11.2 Å². The van der Waals surface area contributed by atoms with Gasteiger partial charge in [0.05, 0.1) is 5.16 Å². The molecule has 0 aromatic carbocycles. The second kappa shape index (κ2) is 4.57. The molecule has 0 bridgehead atoms. The highest BCUT2D eigenvalue weighted by atomic mass is 35.5. The van der Waals surface area contributed by atoms with Gasteiger partial charge in [0.15, 0.2) is 0 Å². The van der Waals surface area contributed by atoms with Gasteiger partial charge >= 0.3 is 6.18 Å². The molecular weight excluding hydrogens is 193 g/mol. The van der Waals surface area contributed by atoms with E-state index in [2.05, 4.69) is 5.32 Å². The van der Waals surface area contributed by atoms with Crippen LogP contribution in [0.25, 0.3) is 0 Å². The molecule has 3 N–H and O–H groups in total. The maximum Gasteiger partial charge on any atom is 0.407 e. The van der Waals surface area contributed by atoms with Crippen LogP contribution in [0, 0.1) is 0 Å². The number of hydrogen-bond donors (Lipinski definition) is 2. The molecule has 0 saturated heterocycles. The number of alkyl halides is 3. The second-order valence-corrected chi connectivity index (χ2v) is 2.52. The number of hydrogen-bond acceptors (Lipinski definition) is 2. The smallest absolute Gasteiger partial charge is 0.376 e. The molecule has 0 aliphatic carbocycles. The van der Waals surface area contributed by atoms with E-state index in [1.807, 2.05) is 0 Å². The molecule has 0 aromatic heterocycles. The number of nitrogens with one attached hydrogen (secondary N) is 1. The van der Waals surface area contributed by atoms with Gasteiger partial charge in [-0.2, -0.15) is 13.2 Å². The summed E-state index contributed by atoms with van der Waals surface area (Å²) >= 11 is 5.35. The molecule has 0 amide bonds. The summed E-state index contributed by atoms with van der Waals surface area (Å²) in [7, 11) is 0. The quantitative estimate of drug-likeness (QED) is 0.682. The Labute approximate surface area is 73.6 Å². The van der Waals surface area contributed by atoms with Gasteiger partial charge in [0.2, 0.25) is 0 Å². The summed E-state index contributed by atoms with van der Waals surface area (Å²) in [6, 6.07) is -2.01. The molecule has 0 rings (SSSR count). The Kier molecular flexibility index (Phi) is 4.41. The van der Waals surface area contributed by atoms with E-state index in [0.717, 1.165) is 6.08 Å². The lowest BCUT2D eigenvalue weighted by molar-refractivity contribution is -0.137. The van der Waals surface area contributed by atoms with Crippen molar-refractivity contribution in [1.82, 2.24) is 5.32 Å². The van der Waals surface area contributed by atoms with E-state index in [0.29, 0.717) is 6.54 Å². The fourth-order valence-electron chi connectivity index (χ4n) is 0.480. The van der Waals surface area contributed by atoms with Gasteiger partial charge in [-0.05, 0) is 13.0 Å². The first-order valence-corrected chi connectivity index (χ1v) is 3.69. The molecule has 1 unspecified atom stereocenters. The van der Waals surface area contributed by atoms with Crippen molar-refractivity contribution in [2.24, 2.45) is 5.73 Å². The number of rotatable bonds is 3. The van der Waals surface area contributed by atoms with Crippen LogP contribution in [0.15, 0.2) is 11.2 Å². The molecule has 0 radical (unpaired) electrons. The fourth-order valence-corrected chi connectivity index (χ4v) is 0.749. The Balaban J connectivity index is 4.14. The molecule has 0 aromatic rings. The Bertz CT molecular complexity index is 167. The van der Waals surface area contributed by atoms with Gasteiger partial charge in [0.1, 0.15) is 6.04 Å². The average molecular weight is 203 g/mol. The van der Waals surface area contributed by atoms with Crippen LogP contribution in [0.4, 0.5) is 13.2 Å². The van der Waals surface area contributed by atoms with Crippen molar-refractivity contribution in [2.45, 2.75) is 19.1 Å². The first-order valence-electron chi connectivity index (χ1n) is 3.31. The molecule has 0 aliphatic rings. The van der Waals surface area contributed by atoms with E-state index in [1.54, 1.807) is 6.92 Å². The van der Waals surface area contributed by atoms with Gasteiger partial charge < -0.3 is 11.1 Å². The highest BCUT2D eigenvalue weighted by Crippen LogP contribution is 2.20. The molecule has 0 saturated carbocycles. The minimum absolute atomic E-state index is 0.0812. The SMILES string of the molecule is CCN/C(Cl)=C\C(N)C(F)(F)F. The van der Waals surface area contributed by atoms with Crippen LogP contribution in [0.3, 0.4) is 0 Å². The van der Waals surface area contributed by atoms with Gasteiger partial charge in [0, 0.05) is 6.54 Å². The van der Waals surface area contributed by atoms with Crippen molar-refractivity contribution in [2.75, 3.05) is 6.54 Å². The molecule has 1 atom stereocenters. The molecular formula is C6H10ClF3N2. The summed E-state index contributed by atoms with van der Waals surface area (Å²) in [6.07, 6.45) is -3.71. The van der Waals surface area contributed by atoms with Crippen LogP contribution in [0.5, 0.6) is 0 Å². The lowest BCUT2D eigenvalue weighted by atomic mass is 10.3. The summed E-state index contributed by atoms with van der Waals surface area (Å²) in [5, 5.41) is 2.41. The Morgan fingerprint density at radius 2 is 2.17 bits per heavy atom. The van der Waals surface area contributed by atoms with Crippen LogP contribution in [0.2, 0.25) is 0 Å². The zero-order valence-electron chi connectivity index (χ0n) is 6.45. The Hall–Kier alpha value is -0.420. The highest BCUT2D eigenvalue weighted by Gasteiger charge is 2.35. The molecule has 0 spiro atoms.